The van der Waals surface area contributed by atoms with Gasteiger partial charge in [0.15, 0.2) is 0 Å². The molecule has 0 spiro atoms. The van der Waals surface area contributed by atoms with Crippen molar-refractivity contribution in [1.82, 2.24) is 14.9 Å². The number of hydrogen-bond acceptors (Lipinski definition) is 5. The summed E-state index contributed by atoms with van der Waals surface area (Å²) in [6.07, 6.45) is 3.13. The zero-order valence-corrected chi connectivity index (χ0v) is 14.9. The number of aromatic nitrogens is 2. The fourth-order valence-electron chi connectivity index (χ4n) is 3.24. The molecular weight excluding hydrogens is 332 g/mol. The van der Waals surface area contributed by atoms with Gasteiger partial charge >= 0.3 is 0 Å². The molecule has 1 N–H and O–H groups in total. The Morgan fingerprint density at radius 2 is 2.16 bits per heavy atom. The van der Waals surface area contributed by atoms with Gasteiger partial charge in [-0.25, -0.2) is 9.97 Å². The molecule has 1 atom stereocenters. The molecule has 3 heterocycles. The number of amides is 1. The van der Waals surface area contributed by atoms with Crippen molar-refractivity contribution in [3.05, 3.63) is 42.7 Å². The monoisotopic (exact) mass is 352 g/mol. The van der Waals surface area contributed by atoms with Gasteiger partial charge in [-0.15, -0.1) is 11.3 Å². The van der Waals surface area contributed by atoms with Crippen molar-refractivity contribution in [3.8, 4) is 10.4 Å². The molecule has 1 aromatic carbocycles. The molecule has 1 unspecified atom stereocenters. The van der Waals surface area contributed by atoms with Crippen molar-refractivity contribution >= 4 is 33.3 Å². The summed E-state index contributed by atoms with van der Waals surface area (Å²) in [6.45, 7) is 3.47. The van der Waals surface area contributed by atoms with Crippen molar-refractivity contribution in [2.75, 3.05) is 18.4 Å². The zero-order valence-electron chi connectivity index (χ0n) is 14.1. The van der Waals surface area contributed by atoms with Crippen LogP contribution in [0.5, 0.6) is 0 Å². The van der Waals surface area contributed by atoms with Gasteiger partial charge in [-0.3, -0.25) is 4.79 Å². The number of benzene rings is 1. The van der Waals surface area contributed by atoms with Crippen LogP contribution in [0, 0.1) is 0 Å². The second kappa shape index (κ2) is 6.80. The molecule has 1 aliphatic rings. The number of likely N-dealkylation sites (tertiary alicyclic amines) is 1. The Kier molecular flexibility index (Phi) is 4.36. The highest BCUT2D eigenvalue weighted by Crippen LogP contribution is 2.35. The Morgan fingerprint density at radius 1 is 1.32 bits per heavy atom. The number of nitrogens with one attached hydrogen (secondary N) is 1. The Morgan fingerprint density at radius 3 is 2.96 bits per heavy atom. The normalized spacial score (nSPS) is 17.2. The highest BCUT2D eigenvalue weighted by atomic mass is 32.1. The summed E-state index contributed by atoms with van der Waals surface area (Å²) in [5.74, 6) is 1.08. The standard InChI is InChI=1S/C19H20N4OS/c1-2-17(24)23-9-8-14(11-23)22-18-15-10-16(13-6-4-3-5-7-13)25-19(15)21-12-20-18/h3-7,10,12,14H,2,8-9,11H2,1H3,(H,20,21,22). The lowest BCUT2D eigenvalue weighted by Gasteiger charge is -2.16. The molecule has 1 saturated heterocycles. The van der Waals surface area contributed by atoms with Crippen LogP contribution < -0.4 is 5.32 Å². The van der Waals surface area contributed by atoms with Crippen LogP contribution in [0.15, 0.2) is 42.7 Å². The number of carbonyl (C=O) groups is 1. The first-order chi connectivity index (χ1) is 12.2. The van der Waals surface area contributed by atoms with Crippen molar-refractivity contribution < 1.29 is 4.79 Å². The van der Waals surface area contributed by atoms with Gasteiger partial charge in [-0.05, 0) is 18.1 Å². The molecule has 2 aromatic heterocycles. The molecule has 4 rings (SSSR count). The van der Waals surface area contributed by atoms with Gasteiger partial charge in [0.05, 0.1) is 5.39 Å². The number of anilines is 1. The largest absolute Gasteiger partial charge is 0.365 e. The molecule has 5 nitrogen and oxygen atoms in total. The van der Waals surface area contributed by atoms with E-state index in [1.807, 2.05) is 30.0 Å². The van der Waals surface area contributed by atoms with E-state index < -0.39 is 0 Å². The average Bonchev–Trinajstić information content (AvgIpc) is 3.29. The van der Waals surface area contributed by atoms with Crippen LogP contribution in [0.3, 0.4) is 0 Å². The lowest BCUT2D eigenvalue weighted by Crippen LogP contribution is -2.31. The van der Waals surface area contributed by atoms with Crippen molar-refractivity contribution in [2.45, 2.75) is 25.8 Å². The van der Waals surface area contributed by atoms with E-state index >= 15 is 0 Å². The minimum Gasteiger partial charge on any atom is -0.365 e. The van der Waals surface area contributed by atoms with Crippen LogP contribution >= 0.6 is 11.3 Å². The first-order valence-electron chi connectivity index (χ1n) is 8.59. The van der Waals surface area contributed by atoms with E-state index in [0.29, 0.717) is 6.42 Å². The van der Waals surface area contributed by atoms with Gasteiger partial charge in [0, 0.05) is 30.4 Å². The Bertz CT molecular complexity index is 893. The van der Waals surface area contributed by atoms with Crippen LogP contribution in [0.1, 0.15) is 19.8 Å². The average molecular weight is 352 g/mol. The number of thiophene rings is 1. The summed E-state index contributed by atoms with van der Waals surface area (Å²) < 4.78 is 0. The summed E-state index contributed by atoms with van der Waals surface area (Å²) in [4.78, 5) is 24.8. The first-order valence-corrected chi connectivity index (χ1v) is 9.40. The maximum absolute atomic E-state index is 11.9. The lowest BCUT2D eigenvalue weighted by molar-refractivity contribution is -0.129. The number of hydrogen-bond donors (Lipinski definition) is 1. The molecule has 0 bridgehead atoms. The molecule has 0 aliphatic carbocycles. The van der Waals surface area contributed by atoms with E-state index in [0.717, 1.165) is 35.5 Å². The maximum atomic E-state index is 11.9. The second-order valence-electron chi connectivity index (χ2n) is 6.24. The van der Waals surface area contributed by atoms with Gasteiger partial charge < -0.3 is 10.2 Å². The van der Waals surface area contributed by atoms with E-state index in [2.05, 4.69) is 33.5 Å². The van der Waals surface area contributed by atoms with Crippen molar-refractivity contribution in [3.63, 3.8) is 0 Å². The molecule has 25 heavy (non-hydrogen) atoms. The van der Waals surface area contributed by atoms with E-state index in [-0.39, 0.29) is 11.9 Å². The number of fused-ring (bicyclic) bond motifs is 1. The van der Waals surface area contributed by atoms with E-state index in [4.69, 9.17) is 0 Å². The SMILES string of the molecule is CCC(=O)N1CCC(Nc2ncnc3sc(-c4ccccc4)cc23)C1. The smallest absolute Gasteiger partial charge is 0.222 e. The fraction of sp³-hybridized carbons (Fsp3) is 0.316. The van der Waals surface area contributed by atoms with Crippen LogP contribution in [0.25, 0.3) is 20.7 Å². The maximum Gasteiger partial charge on any atom is 0.222 e. The first kappa shape index (κ1) is 16.0. The number of rotatable bonds is 4. The summed E-state index contributed by atoms with van der Waals surface area (Å²) >= 11 is 1.68. The minimum atomic E-state index is 0.221. The topological polar surface area (TPSA) is 58.1 Å². The van der Waals surface area contributed by atoms with Gasteiger partial charge in [0.25, 0.3) is 0 Å². The van der Waals surface area contributed by atoms with Crippen LogP contribution in [0.2, 0.25) is 0 Å². The molecule has 1 amide bonds. The third-order valence-corrected chi connectivity index (χ3v) is 5.66. The summed E-state index contributed by atoms with van der Waals surface area (Å²) in [5.41, 5.74) is 1.19. The molecule has 0 radical (unpaired) electrons. The predicted octanol–water partition coefficient (Wildman–Crippen LogP) is 3.78. The molecule has 1 fully saturated rings. The fourth-order valence-corrected chi connectivity index (χ4v) is 4.24. The van der Waals surface area contributed by atoms with E-state index in [1.54, 1.807) is 17.7 Å². The number of nitrogens with zero attached hydrogens (tertiary/aromatic N) is 3. The van der Waals surface area contributed by atoms with Gasteiger partial charge in [-0.1, -0.05) is 37.3 Å². The van der Waals surface area contributed by atoms with E-state index in [1.165, 1.54) is 10.4 Å². The molecule has 6 heteroatoms. The van der Waals surface area contributed by atoms with Crippen molar-refractivity contribution in [1.29, 1.82) is 0 Å². The lowest BCUT2D eigenvalue weighted by atomic mass is 10.2. The Balaban J connectivity index is 1.58. The molecule has 3 aromatic rings. The van der Waals surface area contributed by atoms with Gasteiger partial charge in [-0.2, -0.15) is 0 Å². The molecular formula is C19H20N4OS. The second-order valence-corrected chi connectivity index (χ2v) is 7.27. The third kappa shape index (κ3) is 3.22. The Hall–Kier alpha value is -2.47. The zero-order chi connectivity index (χ0) is 17.2. The highest BCUT2D eigenvalue weighted by Gasteiger charge is 2.26. The molecule has 128 valence electrons. The van der Waals surface area contributed by atoms with Gasteiger partial charge in [0.2, 0.25) is 5.91 Å². The summed E-state index contributed by atoms with van der Waals surface area (Å²) in [7, 11) is 0. The highest BCUT2D eigenvalue weighted by molar-refractivity contribution is 7.21. The van der Waals surface area contributed by atoms with Gasteiger partial charge in [0.1, 0.15) is 17.0 Å². The third-order valence-electron chi connectivity index (χ3n) is 4.57. The minimum absolute atomic E-state index is 0.221. The van der Waals surface area contributed by atoms with E-state index in [9.17, 15) is 4.79 Å². The molecule has 0 saturated carbocycles. The van der Waals surface area contributed by atoms with Crippen LogP contribution in [-0.4, -0.2) is 39.9 Å². The van der Waals surface area contributed by atoms with Crippen LogP contribution in [-0.2, 0) is 4.79 Å². The molecule has 1 aliphatic heterocycles. The summed E-state index contributed by atoms with van der Waals surface area (Å²) in [6, 6.07) is 12.7. The summed E-state index contributed by atoms with van der Waals surface area (Å²) in [5, 5.41) is 4.57. The van der Waals surface area contributed by atoms with Crippen molar-refractivity contribution in [2.24, 2.45) is 0 Å². The number of carbonyl (C=O) groups excluding carboxylic acids is 1. The Labute approximate surface area is 150 Å². The quantitative estimate of drug-likeness (QED) is 0.776. The predicted molar refractivity (Wildman–Crippen MR) is 102 cm³/mol. The van der Waals surface area contributed by atoms with Crippen LogP contribution in [0.4, 0.5) is 5.82 Å².